The molecule has 2 heterocycles. The Kier molecular flexibility index (Phi) is 5.26. The molecule has 0 amide bonds. The molecule has 0 saturated heterocycles. The van der Waals surface area contributed by atoms with Crippen molar-refractivity contribution in [2.45, 2.75) is 17.3 Å². The van der Waals surface area contributed by atoms with Crippen LogP contribution in [0.4, 0.5) is 5.13 Å². The fourth-order valence-corrected chi connectivity index (χ4v) is 4.44. The lowest BCUT2D eigenvalue weighted by molar-refractivity contribution is 0.994. The number of aromatic nitrogens is 2. The maximum atomic E-state index is 4.22. The first-order chi connectivity index (χ1) is 10.4. The molecule has 0 aliphatic rings. The van der Waals surface area contributed by atoms with E-state index in [1.165, 1.54) is 10.4 Å². The zero-order valence-corrected chi connectivity index (χ0v) is 13.8. The number of aryl methyl sites for hydroxylation is 1. The summed E-state index contributed by atoms with van der Waals surface area (Å²) in [5.41, 5.74) is 1.25. The van der Waals surface area contributed by atoms with Crippen LogP contribution < -0.4 is 5.32 Å². The first-order valence-corrected chi connectivity index (χ1v) is 9.35. The van der Waals surface area contributed by atoms with Gasteiger partial charge in [0.25, 0.3) is 0 Å². The van der Waals surface area contributed by atoms with E-state index in [4.69, 9.17) is 0 Å². The Balaban J connectivity index is 1.45. The molecule has 0 radical (unpaired) electrons. The predicted molar refractivity (Wildman–Crippen MR) is 92.4 cm³/mol. The van der Waals surface area contributed by atoms with Gasteiger partial charge in [-0.1, -0.05) is 59.5 Å². The number of thioether (sulfide) groups is 1. The standard InChI is InChI=1S/C15H15N3S3/c1-2-5-12(6-3-1)11-16-14-17-18-15(21-14)20-10-8-13-7-4-9-19-13/h1-7,9H,8,10-11H2,(H,16,17). The van der Waals surface area contributed by atoms with Gasteiger partial charge in [0.1, 0.15) is 0 Å². The van der Waals surface area contributed by atoms with Crippen LogP contribution in [0.2, 0.25) is 0 Å². The molecular weight excluding hydrogens is 318 g/mol. The highest BCUT2D eigenvalue weighted by atomic mass is 32.2. The minimum absolute atomic E-state index is 0.787. The maximum absolute atomic E-state index is 4.22. The summed E-state index contributed by atoms with van der Waals surface area (Å²) in [6.07, 6.45) is 1.09. The molecule has 3 rings (SSSR count). The van der Waals surface area contributed by atoms with Crippen molar-refractivity contribution in [1.82, 2.24) is 10.2 Å². The molecule has 0 spiro atoms. The van der Waals surface area contributed by atoms with Gasteiger partial charge in [0.15, 0.2) is 4.34 Å². The van der Waals surface area contributed by atoms with Crippen molar-refractivity contribution < 1.29 is 0 Å². The number of benzene rings is 1. The second-order valence-corrected chi connectivity index (χ2v) is 7.74. The second-order valence-electron chi connectivity index (χ2n) is 4.39. The van der Waals surface area contributed by atoms with Gasteiger partial charge in [-0.05, 0) is 23.4 Å². The number of thiophene rings is 1. The molecule has 0 aliphatic carbocycles. The third kappa shape index (κ3) is 4.56. The van der Waals surface area contributed by atoms with E-state index < -0.39 is 0 Å². The van der Waals surface area contributed by atoms with Gasteiger partial charge in [-0.25, -0.2) is 0 Å². The summed E-state index contributed by atoms with van der Waals surface area (Å²) in [5, 5.41) is 14.7. The number of anilines is 1. The SMILES string of the molecule is c1ccc(CNc2nnc(SCCc3cccs3)s2)cc1. The highest BCUT2D eigenvalue weighted by molar-refractivity contribution is 8.01. The Bertz CT molecular complexity index is 650. The Morgan fingerprint density at radius 3 is 2.76 bits per heavy atom. The molecule has 3 aromatic rings. The van der Waals surface area contributed by atoms with E-state index in [2.05, 4.69) is 45.2 Å². The van der Waals surface area contributed by atoms with Crippen LogP contribution in [0.15, 0.2) is 52.2 Å². The Labute approximate surface area is 136 Å². The van der Waals surface area contributed by atoms with Crippen LogP contribution >= 0.6 is 34.4 Å². The molecule has 3 nitrogen and oxygen atoms in total. The zero-order valence-electron chi connectivity index (χ0n) is 11.4. The average Bonchev–Trinajstić information content (AvgIpc) is 3.18. The summed E-state index contributed by atoms with van der Waals surface area (Å²) in [5.74, 6) is 1.05. The highest BCUT2D eigenvalue weighted by Crippen LogP contribution is 2.26. The minimum Gasteiger partial charge on any atom is -0.356 e. The first kappa shape index (κ1) is 14.6. The van der Waals surface area contributed by atoms with Gasteiger partial charge in [-0.3, -0.25) is 0 Å². The van der Waals surface area contributed by atoms with Crippen molar-refractivity contribution in [3.63, 3.8) is 0 Å². The molecular formula is C15H15N3S3. The zero-order chi connectivity index (χ0) is 14.3. The van der Waals surface area contributed by atoms with E-state index in [0.717, 1.165) is 28.2 Å². The number of hydrogen-bond acceptors (Lipinski definition) is 6. The van der Waals surface area contributed by atoms with Crippen molar-refractivity contribution in [3.8, 4) is 0 Å². The highest BCUT2D eigenvalue weighted by Gasteiger charge is 2.05. The van der Waals surface area contributed by atoms with E-state index in [0.29, 0.717) is 0 Å². The fraction of sp³-hybridized carbons (Fsp3) is 0.200. The minimum atomic E-state index is 0.787. The van der Waals surface area contributed by atoms with Crippen LogP contribution in [0.1, 0.15) is 10.4 Å². The summed E-state index contributed by atoms with van der Waals surface area (Å²) in [7, 11) is 0. The molecule has 21 heavy (non-hydrogen) atoms. The van der Waals surface area contributed by atoms with Crippen LogP contribution in [0.3, 0.4) is 0 Å². The van der Waals surface area contributed by atoms with Gasteiger partial charge in [0.2, 0.25) is 5.13 Å². The van der Waals surface area contributed by atoms with Crippen molar-refractivity contribution >= 4 is 39.6 Å². The van der Waals surface area contributed by atoms with Crippen molar-refractivity contribution in [2.24, 2.45) is 0 Å². The van der Waals surface area contributed by atoms with Crippen molar-refractivity contribution in [3.05, 3.63) is 58.3 Å². The van der Waals surface area contributed by atoms with Crippen molar-refractivity contribution in [2.75, 3.05) is 11.1 Å². The van der Waals surface area contributed by atoms with Crippen LogP contribution in [0.25, 0.3) is 0 Å². The molecule has 1 N–H and O–H groups in total. The van der Waals surface area contributed by atoms with Gasteiger partial charge in [-0.15, -0.1) is 21.5 Å². The molecule has 6 heteroatoms. The Morgan fingerprint density at radius 1 is 1.05 bits per heavy atom. The molecule has 0 aliphatic heterocycles. The van der Waals surface area contributed by atoms with E-state index in [-0.39, 0.29) is 0 Å². The number of nitrogens with zero attached hydrogens (tertiary/aromatic N) is 2. The topological polar surface area (TPSA) is 37.8 Å². The monoisotopic (exact) mass is 333 g/mol. The van der Waals surface area contributed by atoms with Gasteiger partial charge in [-0.2, -0.15) is 0 Å². The molecule has 108 valence electrons. The fourth-order valence-electron chi connectivity index (χ4n) is 1.81. The molecule has 0 bridgehead atoms. The number of rotatable bonds is 7. The molecule has 0 unspecified atom stereocenters. The van der Waals surface area contributed by atoms with Crippen LogP contribution in [-0.4, -0.2) is 16.0 Å². The lowest BCUT2D eigenvalue weighted by Crippen LogP contribution is -1.98. The molecule has 1 aromatic carbocycles. The van der Waals surface area contributed by atoms with Gasteiger partial charge in [0, 0.05) is 17.2 Å². The second kappa shape index (κ2) is 7.59. The summed E-state index contributed by atoms with van der Waals surface area (Å²) in [6.45, 7) is 0.787. The van der Waals surface area contributed by atoms with Crippen molar-refractivity contribution in [1.29, 1.82) is 0 Å². The Hall–Kier alpha value is -1.37. The smallest absolute Gasteiger partial charge is 0.206 e. The van der Waals surface area contributed by atoms with Gasteiger partial charge < -0.3 is 5.32 Å². The largest absolute Gasteiger partial charge is 0.356 e. The lowest BCUT2D eigenvalue weighted by Gasteiger charge is -2.00. The number of hydrogen-bond donors (Lipinski definition) is 1. The summed E-state index contributed by atoms with van der Waals surface area (Å²) < 4.78 is 1.03. The van der Waals surface area contributed by atoms with E-state index >= 15 is 0 Å². The summed E-state index contributed by atoms with van der Waals surface area (Å²) in [6, 6.07) is 14.6. The van der Waals surface area contributed by atoms with Crippen LogP contribution in [0, 0.1) is 0 Å². The molecule has 2 aromatic heterocycles. The number of nitrogens with one attached hydrogen (secondary N) is 1. The molecule has 0 atom stereocenters. The maximum Gasteiger partial charge on any atom is 0.206 e. The quantitative estimate of drug-likeness (QED) is 0.644. The van der Waals surface area contributed by atoms with Gasteiger partial charge >= 0.3 is 0 Å². The molecule has 0 fully saturated rings. The predicted octanol–water partition coefficient (Wildman–Crippen LogP) is 4.55. The first-order valence-electron chi connectivity index (χ1n) is 6.66. The molecule has 0 saturated carbocycles. The van der Waals surface area contributed by atoms with Gasteiger partial charge in [0.05, 0.1) is 0 Å². The van der Waals surface area contributed by atoms with E-state index in [1.54, 1.807) is 23.1 Å². The van der Waals surface area contributed by atoms with E-state index in [9.17, 15) is 0 Å². The Morgan fingerprint density at radius 2 is 1.95 bits per heavy atom. The van der Waals surface area contributed by atoms with Crippen LogP contribution in [-0.2, 0) is 13.0 Å². The normalized spacial score (nSPS) is 10.7. The summed E-state index contributed by atoms with van der Waals surface area (Å²) >= 11 is 5.21. The summed E-state index contributed by atoms with van der Waals surface area (Å²) in [4.78, 5) is 1.43. The third-order valence-corrected chi connectivity index (χ3v) is 5.80. The van der Waals surface area contributed by atoms with E-state index in [1.807, 2.05) is 29.5 Å². The average molecular weight is 334 g/mol. The van der Waals surface area contributed by atoms with Crippen LogP contribution in [0.5, 0.6) is 0 Å². The third-order valence-electron chi connectivity index (χ3n) is 2.85. The lowest BCUT2D eigenvalue weighted by atomic mass is 10.2.